The molecule has 0 saturated heterocycles. The highest BCUT2D eigenvalue weighted by molar-refractivity contribution is 9.10. The number of carbonyl (C=O) groups is 1. The zero-order chi connectivity index (χ0) is 13.8. The van der Waals surface area contributed by atoms with Crippen molar-refractivity contribution in [2.24, 2.45) is 0 Å². The van der Waals surface area contributed by atoms with Crippen molar-refractivity contribution < 1.29 is 13.9 Å². The predicted octanol–water partition coefficient (Wildman–Crippen LogP) is 4.63. The maximum Gasteiger partial charge on any atom is 0.153 e. The summed E-state index contributed by atoms with van der Waals surface area (Å²) in [7, 11) is 0. The third-order valence-electron chi connectivity index (χ3n) is 2.51. The summed E-state index contributed by atoms with van der Waals surface area (Å²) in [4.78, 5) is 10.9. The maximum absolute atomic E-state index is 13.7. The maximum atomic E-state index is 13.7. The predicted molar refractivity (Wildman–Crippen MR) is 75.3 cm³/mol. The van der Waals surface area contributed by atoms with Crippen molar-refractivity contribution >= 4 is 33.8 Å². The molecule has 0 fully saturated rings. The quantitative estimate of drug-likeness (QED) is 0.756. The normalized spacial score (nSPS) is 10.3. The molecule has 0 aliphatic carbocycles. The van der Waals surface area contributed by atoms with Crippen LogP contribution in [0.1, 0.15) is 15.9 Å². The molecule has 0 saturated carbocycles. The van der Waals surface area contributed by atoms with Gasteiger partial charge in [-0.15, -0.1) is 0 Å². The summed E-state index contributed by atoms with van der Waals surface area (Å²) >= 11 is 8.94. The van der Waals surface area contributed by atoms with Gasteiger partial charge in [-0.1, -0.05) is 39.7 Å². The van der Waals surface area contributed by atoms with E-state index in [-0.39, 0.29) is 11.6 Å². The Morgan fingerprint density at radius 3 is 2.84 bits per heavy atom. The van der Waals surface area contributed by atoms with Gasteiger partial charge in [0.25, 0.3) is 0 Å². The van der Waals surface area contributed by atoms with Crippen molar-refractivity contribution in [1.82, 2.24) is 0 Å². The standard InChI is InChI=1S/C14H9BrClFO2/c15-11-4-5-13(10(6-11)7-18)19-8-9-2-1-3-12(16)14(9)17/h1-7H,8H2. The minimum atomic E-state index is -0.506. The van der Waals surface area contributed by atoms with Gasteiger partial charge in [-0.25, -0.2) is 4.39 Å². The van der Waals surface area contributed by atoms with E-state index in [0.717, 1.165) is 4.47 Å². The Hall–Kier alpha value is -1.39. The van der Waals surface area contributed by atoms with Gasteiger partial charge in [0.2, 0.25) is 0 Å². The van der Waals surface area contributed by atoms with Gasteiger partial charge in [0.1, 0.15) is 18.2 Å². The van der Waals surface area contributed by atoms with Crippen molar-refractivity contribution in [2.75, 3.05) is 0 Å². The molecule has 0 spiro atoms. The van der Waals surface area contributed by atoms with Crippen molar-refractivity contribution in [3.8, 4) is 5.75 Å². The number of rotatable bonds is 4. The van der Waals surface area contributed by atoms with E-state index in [4.69, 9.17) is 16.3 Å². The number of aldehydes is 1. The first-order valence-corrected chi connectivity index (χ1v) is 6.59. The van der Waals surface area contributed by atoms with Gasteiger partial charge in [0.05, 0.1) is 10.6 Å². The van der Waals surface area contributed by atoms with E-state index in [2.05, 4.69) is 15.9 Å². The molecule has 5 heteroatoms. The van der Waals surface area contributed by atoms with Crippen LogP contribution in [0.3, 0.4) is 0 Å². The molecule has 0 radical (unpaired) electrons. The second-order valence-corrected chi connectivity index (χ2v) is 5.12. The second-order valence-electron chi connectivity index (χ2n) is 3.80. The Balaban J connectivity index is 2.19. The first kappa shape index (κ1) is 14.0. The van der Waals surface area contributed by atoms with Crippen molar-refractivity contribution in [3.05, 3.63) is 62.8 Å². The number of hydrogen-bond donors (Lipinski definition) is 0. The molecule has 2 aromatic carbocycles. The van der Waals surface area contributed by atoms with Crippen molar-refractivity contribution in [3.63, 3.8) is 0 Å². The molecule has 0 heterocycles. The van der Waals surface area contributed by atoms with Crippen LogP contribution in [0.5, 0.6) is 5.75 Å². The van der Waals surface area contributed by atoms with E-state index in [1.165, 1.54) is 6.07 Å². The van der Waals surface area contributed by atoms with Gasteiger partial charge >= 0.3 is 0 Å². The van der Waals surface area contributed by atoms with Crippen LogP contribution in [0, 0.1) is 5.82 Å². The van der Waals surface area contributed by atoms with Gasteiger partial charge in [-0.3, -0.25) is 4.79 Å². The Bertz CT molecular complexity index is 616. The van der Waals surface area contributed by atoms with Crippen LogP contribution >= 0.6 is 27.5 Å². The summed E-state index contributed by atoms with van der Waals surface area (Å²) < 4.78 is 19.9. The lowest BCUT2D eigenvalue weighted by Gasteiger charge is -2.10. The number of ether oxygens (including phenoxy) is 1. The van der Waals surface area contributed by atoms with Crippen LogP contribution in [-0.4, -0.2) is 6.29 Å². The average Bonchev–Trinajstić information content (AvgIpc) is 2.41. The highest BCUT2D eigenvalue weighted by atomic mass is 79.9. The fourth-order valence-corrected chi connectivity index (χ4v) is 2.13. The van der Waals surface area contributed by atoms with Crippen LogP contribution in [0.25, 0.3) is 0 Å². The van der Waals surface area contributed by atoms with Gasteiger partial charge in [-0.05, 0) is 24.3 Å². The molecule has 0 amide bonds. The molecule has 0 aliphatic rings. The highest BCUT2D eigenvalue weighted by Gasteiger charge is 2.09. The number of hydrogen-bond acceptors (Lipinski definition) is 2. The number of benzene rings is 2. The number of carbonyl (C=O) groups excluding carboxylic acids is 1. The molecule has 2 rings (SSSR count). The second kappa shape index (κ2) is 6.17. The number of halogens is 3. The molecular formula is C14H9BrClFO2. The molecule has 0 atom stereocenters. The molecule has 19 heavy (non-hydrogen) atoms. The monoisotopic (exact) mass is 342 g/mol. The minimum Gasteiger partial charge on any atom is -0.488 e. The summed E-state index contributed by atoms with van der Waals surface area (Å²) in [6, 6.07) is 9.73. The van der Waals surface area contributed by atoms with E-state index < -0.39 is 5.82 Å². The lowest BCUT2D eigenvalue weighted by atomic mass is 10.2. The molecule has 2 nitrogen and oxygen atoms in total. The first-order valence-electron chi connectivity index (χ1n) is 5.42. The third kappa shape index (κ3) is 3.33. The van der Waals surface area contributed by atoms with Crippen molar-refractivity contribution in [1.29, 1.82) is 0 Å². The molecule has 0 aromatic heterocycles. The average molecular weight is 344 g/mol. The Morgan fingerprint density at radius 1 is 1.32 bits per heavy atom. The fourth-order valence-electron chi connectivity index (χ4n) is 1.56. The Morgan fingerprint density at radius 2 is 2.11 bits per heavy atom. The van der Waals surface area contributed by atoms with Gasteiger partial charge in [0.15, 0.2) is 6.29 Å². The smallest absolute Gasteiger partial charge is 0.153 e. The zero-order valence-corrected chi connectivity index (χ0v) is 12.0. The molecule has 2 aromatic rings. The summed E-state index contributed by atoms with van der Waals surface area (Å²) in [5, 5.41) is 0.0486. The SMILES string of the molecule is O=Cc1cc(Br)ccc1OCc1cccc(Cl)c1F. The van der Waals surface area contributed by atoms with Crippen LogP contribution in [0.4, 0.5) is 4.39 Å². The van der Waals surface area contributed by atoms with Gasteiger partial charge < -0.3 is 4.74 Å². The Labute approximate surface area is 123 Å². The van der Waals surface area contributed by atoms with Crippen molar-refractivity contribution in [2.45, 2.75) is 6.61 Å². The molecule has 98 valence electrons. The Kier molecular flexibility index (Phi) is 4.56. The van der Waals surface area contributed by atoms with Gasteiger partial charge in [-0.2, -0.15) is 0 Å². The molecule has 0 unspecified atom stereocenters. The molecule has 0 bridgehead atoms. The lowest BCUT2D eigenvalue weighted by Crippen LogP contribution is -2.01. The van der Waals surface area contributed by atoms with E-state index >= 15 is 0 Å². The van der Waals surface area contributed by atoms with E-state index in [1.807, 2.05) is 0 Å². The van der Waals surface area contributed by atoms with Crippen LogP contribution < -0.4 is 4.74 Å². The molecule has 0 N–H and O–H groups in total. The zero-order valence-electron chi connectivity index (χ0n) is 9.70. The molecule has 0 aliphatic heterocycles. The topological polar surface area (TPSA) is 26.3 Å². The first-order chi connectivity index (χ1) is 9.11. The van der Waals surface area contributed by atoms with Gasteiger partial charge in [0, 0.05) is 10.0 Å². The van der Waals surface area contributed by atoms with Crippen LogP contribution in [-0.2, 0) is 6.61 Å². The van der Waals surface area contributed by atoms with E-state index in [0.29, 0.717) is 23.2 Å². The summed E-state index contributed by atoms with van der Waals surface area (Å²) in [6.45, 7) is 0.00880. The largest absolute Gasteiger partial charge is 0.488 e. The third-order valence-corrected chi connectivity index (χ3v) is 3.30. The minimum absolute atomic E-state index is 0.00880. The summed E-state index contributed by atoms with van der Waals surface area (Å²) in [6.07, 6.45) is 0.689. The van der Waals surface area contributed by atoms with Crippen LogP contribution in [0.15, 0.2) is 40.9 Å². The molecular weight excluding hydrogens is 335 g/mol. The van der Waals surface area contributed by atoms with E-state index in [9.17, 15) is 9.18 Å². The van der Waals surface area contributed by atoms with E-state index in [1.54, 1.807) is 30.3 Å². The van der Waals surface area contributed by atoms with Crippen LogP contribution in [0.2, 0.25) is 5.02 Å². The highest BCUT2D eigenvalue weighted by Crippen LogP contribution is 2.24. The summed E-state index contributed by atoms with van der Waals surface area (Å²) in [5.41, 5.74) is 0.740. The lowest BCUT2D eigenvalue weighted by molar-refractivity contribution is 0.111. The fraction of sp³-hybridized carbons (Fsp3) is 0.0714. The summed E-state index contributed by atoms with van der Waals surface area (Å²) in [5.74, 6) is -0.105.